The van der Waals surface area contributed by atoms with Crippen LogP contribution in [0.3, 0.4) is 0 Å². The molecule has 1 unspecified atom stereocenters. The number of hydrogen-bond acceptors (Lipinski definition) is 6. The third-order valence-corrected chi connectivity index (χ3v) is 3.79. The van der Waals surface area contributed by atoms with Gasteiger partial charge >= 0.3 is 5.97 Å². The minimum atomic E-state index is -1.07. The maximum absolute atomic E-state index is 13.1. The average Bonchev–Trinajstić information content (AvgIpc) is 3.12. The molecule has 2 aromatic rings. The molecule has 0 amide bonds. The molecule has 0 saturated carbocycles. The molecule has 0 N–H and O–H groups in total. The van der Waals surface area contributed by atoms with Gasteiger partial charge in [0.1, 0.15) is 25.0 Å². The van der Waals surface area contributed by atoms with Gasteiger partial charge in [-0.25, -0.2) is 14.5 Å². The SMILES string of the molecule is C=C(C)C(=O)OCC(C)(C)C(=O)C(Oc1ccc(Cl)cc1)n1cncn1. The molecule has 7 nitrogen and oxygen atoms in total. The summed E-state index contributed by atoms with van der Waals surface area (Å²) in [4.78, 5) is 28.6. The van der Waals surface area contributed by atoms with E-state index in [1.54, 1.807) is 45.0 Å². The Bertz CT molecular complexity index is 785. The van der Waals surface area contributed by atoms with Gasteiger partial charge in [0.2, 0.25) is 5.78 Å². The number of esters is 1. The molecular weight excluding hydrogens is 358 g/mol. The molecule has 0 radical (unpaired) electrons. The molecule has 1 heterocycles. The van der Waals surface area contributed by atoms with Gasteiger partial charge in [0.05, 0.1) is 5.41 Å². The third kappa shape index (κ3) is 4.92. The normalized spacial score (nSPS) is 12.3. The summed E-state index contributed by atoms with van der Waals surface area (Å²) in [5.41, 5.74) is -0.757. The van der Waals surface area contributed by atoms with Crippen molar-refractivity contribution < 1.29 is 19.1 Å². The van der Waals surface area contributed by atoms with Crippen molar-refractivity contribution >= 4 is 23.4 Å². The Balaban J connectivity index is 2.21. The molecule has 0 bridgehead atoms. The van der Waals surface area contributed by atoms with E-state index in [0.29, 0.717) is 10.8 Å². The predicted molar refractivity (Wildman–Crippen MR) is 95.7 cm³/mol. The largest absolute Gasteiger partial charge is 0.461 e. The second kappa shape index (κ2) is 8.14. The summed E-state index contributed by atoms with van der Waals surface area (Å²) in [5, 5.41) is 4.55. The van der Waals surface area contributed by atoms with E-state index in [2.05, 4.69) is 16.7 Å². The molecule has 1 aromatic heterocycles. The van der Waals surface area contributed by atoms with Gasteiger partial charge in [0.15, 0.2) is 0 Å². The predicted octanol–water partition coefficient (Wildman–Crippen LogP) is 3.22. The van der Waals surface area contributed by atoms with Crippen LogP contribution < -0.4 is 4.74 Å². The lowest BCUT2D eigenvalue weighted by Crippen LogP contribution is -2.39. The van der Waals surface area contributed by atoms with Crippen LogP contribution in [0.4, 0.5) is 0 Å². The highest BCUT2D eigenvalue weighted by Crippen LogP contribution is 2.28. The summed E-state index contributed by atoms with van der Waals surface area (Å²) in [7, 11) is 0. The minimum Gasteiger partial charge on any atom is -0.461 e. The molecule has 0 spiro atoms. The van der Waals surface area contributed by atoms with E-state index >= 15 is 0 Å². The number of ether oxygens (including phenoxy) is 2. The second-order valence-electron chi connectivity index (χ2n) is 6.40. The van der Waals surface area contributed by atoms with Crippen LogP contribution >= 0.6 is 11.6 Å². The Morgan fingerprint density at radius 1 is 1.31 bits per heavy atom. The van der Waals surface area contributed by atoms with E-state index in [4.69, 9.17) is 21.1 Å². The maximum Gasteiger partial charge on any atom is 0.333 e. The van der Waals surface area contributed by atoms with Crippen LogP contribution in [-0.2, 0) is 14.3 Å². The van der Waals surface area contributed by atoms with Gasteiger partial charge in [0.25, 0.3) is 6.23 Å². The smallest absolute Gasteiger partial charge is 0.333 e. The molecule has 26 heavy (non-hydrogen) atoms. The average molecular weight is 378 g/mol. The van der Waals surface area contributed by atoms with Crippen molar-refractivity contribution in [1.82, 2.24) is 14.8 Å². The fraction of sp³-hybridized carbons (Fsp3) is 0.333. The Hall–Kier alpha value is -2.67. The van der Waals surface area contributed by atoms with E-state index in [0.717, 1.165) is 0 Å². The number of aromatic nitrogens is 3. The van der Waals surface area contributed by atoms with Crippen molar-refractivity contribution in [3.8, 4) is 5.75 Å². The van der Waals surface area contributed by atoms with Gasteiger partial charge in [-0.05, 0) is 45.0 Å². The fourth-order valence-corrected chi connectivity index (χ4v) is 2.11. The third-order valence-electron chi connectivity index (χ3n) is 3.54. The van der Waals surface area contributed by atoms with Gasteiger partial charge in [-0.15, -0.1) is 0 Å². The zero-order valence-corrected chi connectivity index (χ0v) is 15.6. The monoisotopic (exact) mass is 377 g/mol. The highest BCUT2D eigenvalue weighted by Gasteiger charge is 2.38. The Kier molecular flexibility index (Phi) is 6.15. The summed E-state index contributed by atoms with van der Waals surface area (Å²) in [6, 6.07) is 6.60. The molecule has 1 atom stereocenters. The van der Waals surface area contributed by atoms with Crippen LogP contribution in [0.5, 0.6) is 5.75 Å². The van der Waals surface area contributed by atoms with E-state index in [9.17, 15) is 9.59 Å². The zero-order chi connectivity index (χ0) is 19.3. The standard InChI is InChI=1S/C18H20ClN3O4/c1-12(2)17(24)25-9-18(3,4)15(23)16(22-11-20-10-21-22)26-14-7-5-13(19)6-8-14/h5-8,10-11,16H,1,9H2,2-4H3. The van der Waals surface area contributed by atoms with E-state index in [1.807, 2.05) is 0 Å². The van der Waals surface area contributed by atoms with E-state index in [-0.39, 0.29) is 18.0 Å². The van der Waals surface area contributed by atoms with Crippen molar-refractivity contribution in [3.63, 3.8) is 0 Å². The second-order valence-corrected chi connectivity index (χ2v) is 6.84. The van der Waals surface area contributed by atoms with Crippen LogP contribution in [0.25, 0.3) is 0 Å². The van der Waals surface area contributed by atoms with Crippen molar-refractivity contribution in [2.45, 2.75) is 27.0 Å². The first-order valence-electron chi connectivity index (χ1n) is 7.84. The number of hydrogen-bond donors (Lipinski definition) is 0. The van der Waals surface area contributed by atoms with Crippen molar-refractivity contribution in [2.75, 3.05) is 6.61 Å². The molecule has 8 heteroatoms. The first kappa shape index (κ1) is 19.7. The van der Waals surface area contributed by atoms with Gasteiger partial charge < -0.3 is 9.47 Å². The van der Waals surface area contributed by atoms with Crippen LogP contribution in [0.15, 0.2) is 49.1 Å². The molecule has 2 rings (SSSR count). The van der Waals surface area contributed by atoms with Gasteiger partial charge in [-0.1, -0.05) is 18.2 Å². The molecule has 1 aromatic carbocycles. The number of benzene rings is 1. The fourth-order valence-electron chi connectivity index (χ4n) is 1.98. The Morgan fingerprint density at radius 2 is 1.96 bits per heavy atom. The number of carbonyl (C=O) groups excluding carboxylic acids is 2. The van der Waals surface area contributed by atoms with Gasteiger partial charge in [0, 0.05) is 10.6 Å². The lowest BCUT2D eigenvalue weighted by Gasteiger charge is -2.28. The number of halogens is 1. The molecule has 0 fully saturated rings. The molecule has 0 saturated heterocycles. The van der Waals surface area contributed by atoms with Crippen molar-refractivity contribution in [1.29, 1.82) is 0 Å². The molecule has 0 aliphatic rings. The number of nitrogens with zero attached hydrogens (tertiary/aromatic N) is 3. The first-order valence-corrected chi connectivity index (χ1v) is 8.22. The van der Waals surface area contributed by atoms with Crippen molar-refractivity contribution in [3.05, 3.63) is 54.1 Å². The number of rotatable bonds is 8. The summed E-state index contributed by atoms with van der Waals surface area (Å²) in [6.07, 6.45) is 1.62. The zero-order valence-electron chi connectivity index (χ0n) is 14.8. The Morgan fingerprint density at radius 3 is 2.50 bits per heavy atom. The van der Waals surface area contributed by atoms with Crippen LogP contribution in [0.2, 0.25) is 5.02 Å². The maximum atomic E-state index is 13.1. The van der Waals surface area contributed by atoms with Crippen LogP contribution in [0.1, 0.15) is 27.0 Å². The van der Waals surface area contributed by atoms with Crippen LogP contribution in [0, 0.1) is 5.41 Å². The lowest BCUT2D eigenvalue weighted by atomic mass is 9.88. The molecular formula is C18H20ClN3O4. The molecule has 0 aliphatic heterocycles. The number of carbonyl (C=O) groups is 2. The van der Waals surface area contributed by atoms with Crippen molar-refractivity contribution in [2.24, 2.45) is 5.41 Å². The summed E-state index contributed by atoms with van der Waals surface area (Å²) < 4.78 is 12.3. The molecule has 0 aliphatic carbocycles. The highest BCUT2D eigenvalue weighted by molar-refractivity contribution is 6.30. The lowest BCUT2D eigenvalue weighted by molar-refractivity contribution is -0.149. The summed E-state index contributed by atoms with van der Waals surface area (Å²) in [6.45, 7) is 8.27. The first-order chi connectivity index (χ1) is 12.2. The summed E-state index contributed by atoms with van der Waals surface area (Å²) in [5.74, 6) is -0.438. The quantitative estimate of drug-likeness (QED) is 0.518. The van der Waals surface area contributed by atoms with Gasteiger partial charge in [-0.2, -0.15) is 5.10 Å². The van der Waals surface area contributed by atoms with E-state index in [1.165, 1.54) is 17.3 Å². The minimum absolute atomic E-state index is 0.118. The van der Waals surface area contributed by atoms with Crippen LogP contribution in [-0.4, -0.2) is 33.1 Å². The summed E-state index contributed by atoms with van der Waals surface area (Å²) >= 11 is 5.87. The number of ketones is 1. The molecule has 138 valence electrons. The topological polar surface area (TPSA) is 83.3 Å². The highest BCUT2D eigenvalue weighted by atomic mass is 35.5. The number of Topliss-reactive ketones (excluding diaryl/α,β-unsaturated/α-hetero) is 1. The van der Waals surface area contributed by atoms with E-state index < -0.39 is 17.6 Å². The van der Waals surface area contributed by atoms with Gasteiger partial charge in [-0.3, -0.25) is 4.79 Å². The Labute approximate surface area is 156 Å².